The van der Waals surface area contributed by atoms with E-state index in [-0.39, 0.29) is 74.5 Å². The fraction of sp³-hybridized carbons (Fsp3) is 0.455. The largest absolute Gasteiger partial charge is 0.419 e. The van der Waals surface area contributed by atoms with Crippen molar-refractivity contribution in [3.63, 3.8) is 0 Å². The van der Waals surface area contributed by atoms with Crippen molar-refractivity contribution in [2.75, 3.05) is 72.1 Å². The van der Waals surface area contributed by atoms with Gasteiger partial charge in [0, 0.05) is 111 Å². The number of hydrogen-bond donors (Lipinski definition) is 0. The standard InChI is InChI=1S/2C22H23F5N4O2S/c1-34(33)8-4-14(5-9-34)20(32)31-7-6-30(21-28-11-15(12-29-21)22(25,26)27)13-19(31)17-3-2-16(23)10-18(17)24;1-34(33)8-4-14(5-9-34)20(32)31-7-6-30(21-28-11-16(12-29-21)22(25,26)27)13-19(31)15-2-3-17(23)18(24)10-15/h2*2-3,10-12,14,19H,1,4-9,13H2. The Morgan fingerprint density at radius 2 is 0.985 bits per heavy atom. The van der Waals surface area contributed by atoms with E-state index in [1.54, 1.807) is 14.7 Å². The second kappa shape index (κ2) is 19.8. The zero-order valence-electron chi connectivity index (χ0n) is 36.2. The minimum atomic E-state index is -4.58. The first kappa shape index (κ1) is 50.4. The highest BCUT2D eigenvalue weighted by molar-refractivity contribution is 8.00. The van der Waals surface area contributed by atoms with Crippen molar-refractivity contribution in [2.45, 2.75) is 50.1 Å². The number of alkyl halides is 6. The number of amides is 2. The maximum atomic E-state index is 14.7. The molecule has 6 heterocycles. The summed E-state index contributed by atoms with van der Waals surface area (Å²) in [6, 6.07) is 4.91. The molecule has 0 N–H and O–H groups in total. The van der Waals surface area contributed by atoms with E-state index in [4.69, 9.17) is 0 Å². The Kier molecular flexibility index (Phi) is 14.7. The van der Waals surface area contributed by atoms with E-state index < -0.39 is 83.8 Å². The smallest absolute Gasteiger partial charge is 0.337 e. The number of halogens is 10. The van der Waals surface area contributed by atoms with Crippen LogP contribution in [0.3, 0.4) is 0 Å². The topological polar surface area (TPSA) is 133 Å². The minimum absolute atomic E-state index is 0.0124. The van der Waals surface area contributed by atoms with Crippen molar-refractivity contribution in [3.05, 3.63) is 107 Å². The first-order valence-corrected chi connectivity index (χ1v) is 25.5. The molecular formula is C44H46F10N8O4S2. The lowest BCUT2D eigenvalue weighted by Gasteiger charge is -2.43. The maximum absolute atomic E-state index is 14.7. The predicted molar refractivity (Wildman–Crippen MR) is 236 cm³/mol. The van der Waals surface area contributed by atoms with Crippen LogP contribution in [0.4, 0.5) is 55.8 Å². The highest BCUT2D eigenvalue weighted by Gasteiger charge is 2.41. The van der Waals surface area contributed by atoms with Crippen LogP contribution in [0, 0.1) is 35.1 Å². The quantitative estimate of drug-likeness (QED) is 0.154. The van der Waals surface area contributed by atoms with Gasteiger partial charge in [0.15, 0.2) is 11.6 Å². The van der Waals surface area contributed by atoms with Crippen molar-refractivity contribution >= 4 is 54.5 Å². The molecule has 0 aliphatic carbocycles. The number of nitrogens with zero attached hydrogens (tertiary/aromatic N) is 8. The summed E-state index contributed by atoms with van der Waals surface area (Å²) in [4.78, 5) is 48.3. The third-order valence-corrected chi connectivity index (χ3v) is 16.4. The van der Waals surface area contributed by atoms with Crippen molar-refractivity contribution in [2.24, 2.45) is 11.8 Å². The van der Waals surface area contributed by atoms with Crippen molar-refractivity contribution in [3.8, 4) is 0 Å². The van der Waals surface area contributed by atoms with Gasteiger partial charge in [-0.15, -0.1) is 0 Å². The Labute approximate surface area is 385 Å². The van der Waals surface area contributed by atoms with E-state index >= 15 is 0 Å². The number of aromatic nitrogens is 4. The molecule has 0 saturated carbocycles. The summed E-state index contributed by atoms with van der Waals surface area (Å²) in [5.41, 5.74) is -1.55. The molecule has 4 aliphatic heterocycles. The van der Waals surface area contributed by atoms with Crippen LogP contribution in [0.2, 0.25) is 0 Å². The monoisotopic (exact) mass is 1000 g/mol. The SMILES string of the molecule is C=S1(=O)CCC(C(=O)N2CCN(c3ncc(C(F)(F)F)cn3)CC2c2ccc(F)c(F)c2)CC1.C=S1(=O)CCC(C(=O)N2CCN(c3ncc(C(F)(F)F)cn3)CC2c2ccc(F)cc2F)CC1. The molecule has 2 unspecified atom stereocenters. The van der Waals surface area contributed by atoms with Crippen LogP contribution in [-0.2, 0) is 41.0 Å². The Bertz CT molecular complexity index is 2680. The molecule has 2 aromatic heterocycles. The molecule has 12 nitrogen and oxygen atoms in total. The molecule has 4 aromatic rings. The molecule has 4 aliphatic rings. The number of anilines is 2. The van der Waals surface area contributed by atoms with Gasteiger partial charge in [0.25, 0.3) is 0 Å². The summed E-state index contributed by atoms with van der Waals surface area (Å²) in [6.07, 6.45) is -4.78. The lowest BCUT2D eigenvalue weighted by molar-refractivity contribution is -0.139. The molecular weight excluding hydrogens is 959 g/mol. The fourth-order valence-electron chi connectivity index (χ4n) is 8.65. The van der Waals surface area contributed by atoms with Crippen LogP contribution in [0.5, 0.6) is 0 Å². The molecule has 368 valence electrons. The van der Waals surface area contributed by atoms with Gasteiger partial charge in [-0.1, -0.05) is 12.1 Å². The molecule has 0 spiro atoms. The fourth-order valence-corrected chi connectivity index (χ4v) is 11.9. The average Bonchev–Trinajstić information content (AvgIpc) is 3.29. The van der Waals surface area contributed by atoms with Gasteiger partial charge in [0.05, 0.1) is 23.2 Å². The predicted octanol–water partition coefficient (Wildman–Crippen LogP) is 6.58. The molecule has 2 aromatic carbocycles. The van der Waals surface area contributed by atoms with Gasteiger partial charge >= 0.3 is 12.4 Å². The molecule has 0 radical (unpaired) electrons. The van der Waals surface area contributed by atoms with Crippen LogP contribution < -0.4 is 9.80 Å². The molecule has 2 amide bonds. The van der Waals surface area contributed by atoms with E-state index in [1.165, 1.54) is 17.0 Å². The number of piperazine rings is 2. The third kappa shape index (κ3) is 11.8. The van der Waals surface area contributed by atoms with Crippen LogP contribution in [0.15, 0.2) is 61.2 Å². The van der Waals surface area contributed by atoms with Crippen LogP contribution in [0.25, 0.3) is 0 Å². The minimum Gasteiger partial charge on any atom is -0.337 e. The summed E-state index contributed by atoms with van der Waals surface area (Å²) in [5.74, 6) is 3.98. The van der Waals surface area contributed by atoms with Gasteiger partial charge in [-0.3, -0.25) is 18.0 Å². The molecule has 4 fully saturated rings. The number of carbonyl (C=O) groups is 2. The second-order valence-electron chi connectivity index (χ2n) is 17.2. The van der Waals surface area contributed by atoms with E-state index in [9.17, 15) is 61.9 Å². The first-order chi connectivity index (χ1) is 31.9. The molecule has 8 rings (SSSR count). The Morgan fingerprint density at radius 3 is 1.40 bits per heavy atom. The molecule has 2 atom stereocenters. The van der Waals surface area contributed by atoms with Crippen molar-refractivity contribution < 1.29 is 61.9 Å². The van der Waals surface area contributed by atoms with Crippen LogP contribution in [0.1, 0.15) is 60.0 Å². The lowest BCUT2D eigenvalue weighted by Crippen LogP contribution is -2.53. The van der Waals surface area contributed by atoms with E-state index in [1.807, 2.05) is 0 Å². The summed E-state index contributed by atoms with van der Waals surface area (Å²) in [6.45, 7) is 0.884. The summed E-state index contributed by atoms with van der Waals surface area (Å²) in [5, 5.41) is 0. The van der Waals surface area contributed by atoms with E-state index in [0.29, 0.717) is 79.0 Å². The molecule has 4 saturated heterocycles. The van der Waals surface area contributed by atoms with Gasteiger partial charge < -0.3 is 19.6 Å². The van der Waals surface area contributed by atoms with Gasteiger partial charge in [0.2, 0.25) is 23.7 Å². The average molecular weight is 1010 g/mol. The number of carbonyl (C=O) groups excluding carboxylic acids is 2. The molecule has 0 bridgehead atoms. The molecule has 24 heteroatoms. The summed E-state index contributed by atoms with van der Waals surface area (Å²) < 4.78 is 157. The van der Waals surface area contributed by atoms with Gasteiger partial charge in [-0.2, -0.15) is 26.3 Å². The van der Waals surface area contributed by atoms with Gasteiger partial charge in [-0.05, 0) is 80.2 Å². The highest BCUT2D eigenvalue weighted by atomic mass is 32.2. The highest BCUT2D eigenvalue weighted by Crippen LogP contribution is 2.36. The van der Waals surface area contributed by atoms with E-state index in [2.05, 4.69) is 31.7 Å². The summed E-state index contributed by atoms with van der Waals surface area (Å²) in [7, 11) is -4.37. The Balaban J connectivity index is 0.000000201. The number of benzene rings is 2. The van der Waals surface area contributed by atoms with Crippen molar-refractivity contribution in [1.29, 1.82) is 0 Å². The normalized spacial score (nSPS) is 25.9. The zero-order valence-corrected chi connectivity index (χ0v) is 37.8. The Morgan fingerprint density at radius 1 is 0.559 bits per heavy atom. The third-order valence-electron chi connectivity index (χ3n) is 12.5. The zero-order chi connectivity index (χ0) is 49.3. The first-order valence-electron chi connectivity index (χ1n) is 21.3. The molecule has 68 heavy (non-hydrogen) atoms. The van der Waals surface area contributed by atoms with Crippen LogP contribution >= 0.6 is 0 Å². The Hall–Kier alpha value is -5.52. The van der Waals surface area contributed by atoms with Gasteiger partial charge in [-0.25, -0.2) is 37.5 Å². The van der Waals surface area contributed by atoms with Crippen molar-refractivity contribution in [1.82, 2.24) is 29.7 Å². The second-order valence-corrected chi connectivity index (χ2v) is 22.7. The van der Waals surface area contributed by atoms with E-state index in [0.717, 1.165) is 24.3 Å². The number of rotatable bonds is 6. The number of hydrogen-bond acceptors (Lipinski definition) is 10. The van der Waals surface area contributed by atoms with Crippen LogP contribution in [-0.4, -0.2) is 124 Å². The lowest BCUT2D eigenvalue weighted by atomic mass is 9.96. The van der Waals surface area contributed by atoms with Gasteiger partial charge in [0.1, 0.15) is 11.6 Å². The summed E-state index contributed by atoms with van der Waals surface area (Å²) >= 11 is 0. The maximum Gasteiger partial charge on any atom is 0.419 e.